The molecule has 0 radical (unpaired) electrons. The summed E-state index contributed by atoms with van der Waals surface area (Å²) in [7, 11) is -3.88. The number of nitrogens with zero attached hydrogens (tertiary/aromatic N) is 1. The zero-order chi connectivity index (χ0) is 17.7. The van der Waals surface area contributed by atoms with Gasteiger partial charge in [0.1, 0.15) is 12.4 Å². The average Bonchev–Trinajstić information content (AvgIpc) is 2.52. The summed E-state index contributed by atoms with van der Waals surface area (Å²) in [6.45, 7) is -0.0727. The van der Waals surface area contributed by atoms with Crippen LogP contribution in [0.25, 0.3) is 0 Å². The first-order valence-corrected chi connectivity index (χ1v) is 8.97. The van der Waals surface area contributed by atoms with Crippen LogP contribution in [0.2, 0.25) is 0 Å². The van der Waals surface area contributed by atoms with Crippen LogP contribution in [0.1, 0.15) is 5.56 Å². The first-order valence-electron chi connectivity index (χ1n) is 6.78. The molecule has 2 aromatic rings. The number of alkyl halides is 1. The quantitative estimate of drug-likeness (QED) is 0.422. The molecule has 0 spiro atoms. The molecular weight excluding hydrogens is 361 g/mol. The van der Waals surface area contributed by atoms with Crippen LogP contribution in [0.5, 0.6) is 5.75 Å². The van der Waals surface area contributed by atoms with Crippen LogP contribution in [-0.2, 0) is 15.6 Å². The summed E-state index contributed by atoms with van der Waals surface area (Å²) in [5.74, 6) is -1.85. The highest BCUT2D eigenvalue weighted by Crippen LogP contribution is 2.34. The molecule has 0 aliphatic rings. The maximum Gasteiger partial charge on any atom is 0.315 e. The van der Waals surface area contributed by atoms with Crippen molar-refractivity contribution in [2.75, 3.05) is 12.5 Å². The molecule has 0 heterocycles. The van der Waals surface area contributed by atoms with Gasteiger partial charge in [-0.25, -0.2) is 12.8 Å². The summed E-state index contributed by atoms with van der Waals surface area (Å²) in [5.41, 5.74) is -0.866. The Morgan fingerprint density at radius 3 is 2.46 bits per heavy atom. The van der Waals surface area contributed by atoms with Crippen molar-refractivity contribution in [3.8, 4) is 5.75 Å². The molecule has 2 aromatic carbocycles. The Balaban J connectivity index is 2.49. The third-order valence-electron chi connectivity index (χ3n) is 3.08. The number of ether oxygens (including phenoxy) is 1. The van der Waals surface area contributed by atoms with Gasteiger partial charge in [-0.3, -0.25) is 10.1 Å². The number of rotatable bonds is 7. The molecule has 24 heavy (non-hydrogen) atoms. The van der Waals surface area contributed by atoms with Crippen molar-refractivity contribution in [2.24, 2.45) is 0 Å². The van der Waals surface area contributed by atoms with Crippen molar-refractivity contribution >= 4 is 27.1 Å². The average molecular weight is 374 g/mol. The summed E-state index contributed by atoms with van der Waals surface area (Å²) < 4.78 is 43.6. The zero-order valence-corrected chi connectivity index (χ0v) is 13.9. The highest BCUT2D eigenvalue weighted by atomic mass is 35.5. The second-order valence-electron chi connectivity index (χ2n) is 4.78. The van der Waals surface area contributed by atoms with Gasteiger partial charge in [-0.2, -0.15) is 0 Å². The van der Waals surface area contributed by atoms with E-state index in [-0.39, 0.29) is 28.7 Å². The van der Waals surface area contributed by atoms with Gasteiger partial charge in [-0.15, -0.1) is 11.6 Å². The fourth-order valence-corrected chi connectivity index (χ4v) is 3.57. The van der Waals surface area contributed by atoms with Crippen LogP contribution in [0.3, 0.4) is 0 Å². The van der Waals surface area contributed by atoms with E-state index >= 15 is 0 Å². The van der Waals surface area contributed by atoms with E-state index in [1.165, 1.54) is 24.3 Å². The molecular formula is C15H13ClFNO5S. The minimum absolute atomic E-state index is 0.00761. The minimum atomic E-state index is -3.88. The van der Waals surface area contributed by atoms with Gasteiger partial charge in [-0.05, 0) is 18.2 Å². The van der Waals surface area contributed by atoms with Gasteiger partial charge in [0.05, 0.1) is 27.0 Å². The lowest BCUT2D eigenvalue weighted by atomic mass is 10.2. The number of sulfone groups is 1. The predicted octanol–water partition coefficient (Wildman–Crippen LogP) is 3.33. The van der Waals surface area contributed by atoms with Crippen LogP contribution in [-0.4, -0.2) is 25.8 Å². The van der Waals surface area contributed by atoms with Crippen LogP contribution in [0, 0.1) is 15.9 Å². The van der Waals surface area contributed by atoms with Crippen LogP contribution < -0.4 is 4.74 Å². The fraction of sp³-hybridized carbons (Fsp3) is 0.200. The number of hydrogen-bond donors (Lipinski definition) is 0. The lowest BCUT2D eigenvalue weighted by Crippen LogP contribution is -2.09. The van der Waals surface area contributed by atoms with Crippen LogP contribution in [0.4, 0.5) is 10.1 Å². The van der Waals surface area contributed by atoms with E-state index < -0.39 is 32.0 Å². The minimum Gasteiger partial charge on any atom is -0.485 e. The van der Waals surface area contributed by atoms with E-state index in [2.05, 4.69) is 0 Å². The number of hydrogen-bond acceptors (Lipinski definition) is 5. The van der Waals surface area contributed by atoms with E-state index in [1.54, 1.807) is 6.07 Å². The fourth-order valence-electron chi connectivity index (χ4n) is 2.12. The third kappa shape index (κ3) is 4.21. The van der Waals surface area contributed by atoms with Crippen molar-refractivity contribution in [1.29, 1.82) is 0 Å². The van der Waals surface area contributed by atoms with Crippen molar-refractivity contribution < 1.29 is 22.5 Å². The van der Waals surface area contributed by atoms with E-state index in [4.69, 9.17) is 16.3 Å². The molecule has 128 valence electrons. The molecule has 0 aliphatic carbocycles. The molecule has 0 unspecified atom stereocenters. The Morgan fingerprint density at radius 1 is 1.21 bits per heavy atom. The second-order valence-corrected chi connectivity index (χ2v) is 7.15. The smallest absolute Gasteiger partial charge is 0.315 e. The molecule has 0 N–H and O–H groups in total. The van der Waals surface area contributed by atoms with E-state index in [9.17, 15) is 22.9 Å². The van der Waals surface area contributed by atoms with Gasteiger partial charge < -0.3 is 4.74 Å². The third-order valence-corrected chi connectivity index (χ3v) is 4.92. The van der Waals surface area contributed by atoms with E-state index in [0.29, 0.717) is 0 Å². The first kappa shape index (κ1) is 18.2. The van der Waals surface area contributed by atoms with Gasteiger partial charge in [0, 0.05) is 6.07 Å². The highest BCUT2D eigenvalue weighted by molar-refractivity contribution is 7.90. The van der Waals surface area contributed by atoms with Crippen molar-refractivity contribution in [3.05, 3.63) is 64.0 Å². The van der Waals surface area contributed by atoms with Crippen LogP contribution >= 0.6 is 11.6 Å². The van der Waals surface area contributed by atoms with Crippen molar-refractivity contribution in [3.63, 3.8) is 0 Å². The molecule has 0 atom stereocenters. The Kier molecular flexibility index (Phi) is 5.74. The molecule has 0 amide bonds. The molecule has 0 saturated heterocycles. The maximum atomic E-state index is 13.7. The summed E-state index contributed by atoms with van der Waals surface area (Å²) in [5, 5.41) is 11.3. The lowest BCUT2D eigenvalue weighted by Gasteiger charge is -2.10. The molecule has 0 fully saturated rings. The Labute approximate surface area is 142 Å². The lowest BCUT2D eigenvalue weighted by molar-refractivity contribution is -0.386. The summed E-state index contributed by atoms with van der Waals surface area (Å²) in [6, 6.07) is 9.10. The van der Waals surface area contributed by atoms with Crippen molar-refractivity contribution in [2.45, 2.75) is 10.6 Å². The van der Waals surface area contributed by atoms with Crippen LogP contribution in [0.15, 0.2) is 47.4 Å². The number of nitro groups is 1. The number of benzene rings is 2. The highest BCUT2D eigenvalue weighted by Gasteiger charge is 2.27. The van der Waals surface area contributed by atoms with Crippen molar-refractivity contribution in [1.82, 2.24) is 0 Å². The standard InChI is InChI=1S/C15H13ClFNO5S/c16-6-7-23-14-9-12(17)8-11(15(14)18(19)20)10-24(21,22)13-4-2-1-3-5-13/h1-5,8-9H,6-7,10H2. The molecule has 0 bridgehead atoms. The summed E-state index contributed by atoms with van der Waals surface area (Å²) in [4.78, 5) is 10.5. The van der Waals surface area contributed by atoms with E-state index in [0.717, 1.165) is 12.1 Å². The molecule has 0 saturated carbocycles. The monoisotopic (exact) mass is 373 g/mol. The largest absolute Gasteiger partial charge is 0.485 e. The summed E-state index contributed by atoms with van der Waals surface area (Å²) >= 11 is 5.46. The Hall–Kier alpha value is -2.19. The van der Waals surface area contributed by atoms with Gasteiger partial charge in [-0.1, -0.05) is 18.2 Å². The second kappa shape index (κ2) is 7.59. The molecule has 0 aromatic heterocycles. The topological polar surface area (TPSA) is 86.5 Å². The maximum absolute atomic E-state index is 13.7. The molecule has 9 heteroatoms. The molecule has 2 rings (SSSR count). The van der Waals surface area contributed by atoms with E-state index in [1.807, 2.05) is 0 Å². The van der Waals surface area contributed by atoms with Gasteiger partial charge in [0.15, 0.2) is 15.6 Å². The summed E-state index contributed by atoms with van der Waals surface area (Å²) in [6.07, 6.45) is 0. The number of halogens is 2. The first-order chi connectivity index (χ1) is 11.3. The van der Waals surface area contributed by atoms with Gasteiger partial charge >= 0.3 is 5.69 Å². The SMILES string of the molecule is O=[N+]([O-])c1c(CS(=O)(=O)c2ccccc2)cc(F)cc1OCCCl. The van der Waals surface area contributed by atoms with Gasteiger partial charge in [0.25, 0.3) is 0 Å². The molecule has 6 nitrogen and oxygen atoms in total. The molecule has 0 aliphatic heterocycles. The Morgan fingerprint density at radius 2 is 1.88 bits per heavy atom. The predicted molar refractivity (Wildman–Crippen MR) is 86.6 cm³/mol. The normalized spacial score (nSPS) is 11.2. The Bertz CT molecular complexity index is 842. The van der Waals surface area contributed by atoms with Gasteiger partial charge in [0.2, 0.25) is 0 Å². The number of nitro benzene ring substituents is 1. The zero-order valence-electron chi connectivity index (χ0n) is 12.3.